The highest BCUT2D eigenvalue weighted by Crippen LogP contribution is 2.36. The second kappa shape index (κ2) is 13.4. The number of aromatic nitrogens is 1. The minimum Gasteiger partial charge on any atom is -0.490 e. The third-order valence-electron chi connectivity index (χ3n) is 7.93. The van der Waals surface area contributed by atoms with Crippen molar-refractivity contribution in [3.05, 3.63) is 41.6 Å². The van der Waals surface area contributed by atoms with Crippen LogP contribution in [0.5, 0.6) is 11.6 Å². The molecule has 0 bridgehead atoms. The summed E-state index contributed by atoms with van der Waals surface area (Å²) >= 11 is 6.40. The van der Waals surface area contributed by atoms with E-state index in [9.17, 15) is 23.1 Å². The van der Waals surface area contributed by atoms with Gasteiger partial charge in [-0.1, -0.05) is 25.4 Å². The van der Waals surface area contributed by atoms with Crippen molar-refractivity contribution < 1.29 is 37.3 Å². The summed E-state index contributed by atoms with van der Waals surface area (Å²) in [4.78, 5) is 19.9. The second-order valence-corrected chi connectivity index (χ2v) is 11.3. The van der Waals surface area contributed by atoms with Gasteiger partial charge in [-0.3, -0.25) is 4.79 Å². The molecular formula is C29H37ClF3N3O5. The van der Waals surface area contributed by atoms with Gasteiger partial charge in [0, 0.05) is 68.7 Å². The smallest absolute Gasteiger partial charge is 0.389 e. The molecular weight excluding hydrogens is 563 g/mol. The number of hydrogen-bond acceptors (Lipinski definition) is 7. The number of aliphatic carboxylic acids is 1. The van der Waals surface area contributed by atoms with E-state index in [2.05, 4.69) is 16.8 Å². The van der Waals surface area contributed by atoms with Gasteiger partial charge in [0.05, 0.1) is 36.5 Å². The predicted molar refractivity (Wildman–Crippen MR) is 150 cm³/mol. The fourth-order valence-electron chi connectivity index (χ4n) is 5.68. The Morgan fingerprint density at radius 2 is 1.90 bits per heavy atom. The number of halogens is 4. The van der Waals surface area contributed by atoms with Gasteiger partial charge in [-0.2, -0.15) is 13.2 Å². The number of anilines is 2. The van der Waals surface area contributed by atoms with Crippen molar-refractivity contribution in [3.63, 3.8) is 0 Å². The number of hydrogen-bond donors (Lipinski definition) is 1. The van der Waals surface area contributed by atoms with E-state index >= 15 is 0 Å². The van der Waals surface area contributed by atoms with E-state index in [0.29, 0.717) is 23.2 Å². The van der Waals surface area contributed by atoms with Gasteiger partial charge in [0.25, 0.3) is 0 Å². The third-order valence-corrected chi connectivity index (χ3v) is 8.22. The first kappa shape index (κ1) is 31.0. The summed E-state index contributed by atoms with van der Waals surface area (Å²) in [5.41, 5.74) is 1.70. The van der Waals surface area contributed by atoms with Gasteiger partial charge < -0.3 is 29.1 Å². The number of ether oxygens (including phenoxy) is 3. The van der Waals surface area contributed by atoms with E-state index in [1.165, 1.54) is 0 Å². The number of piperidine rings is 1. The molecule has 2 saturated heterocycles. The molecule has 2 aliphatic rings. The summed E-state index contributed by atoms with van der Waals surface area (Å²) in [6.07, 6.45) is -3.31. The fourth-order valence-corrected chi connectivity index (χ4v) is 5.91. The molecule has 2 aromatic rings. The molecule has 0 aliphatic carbocycles. The lowest BCUT2D eigenvalue weighted by molar-refractivity contribution is -0.140. The Bertz CT molecular complexity index is 1170. The minimum absolute atomic E-state index is 0.000606. The molecule has 2 aliphatic heterocycles. The quantitative estimate of drug-likeness (QED) is 0.312. The maximum absolute atomic E-state index is 12.5. The predicted octanol–water partition coefficient (Wildman–Crippen LogP) is 6.06. The van der Waals surface area contributed by atoms with Crippen molar-refractivity contribution in [2.45, 2.75) is 64.0 Å². The molecule has 0 radical (unpaired) electrons. The van der Waals surface area contributed by atoms with Crippen LogP contribution in [-0.2, 0) is 9.53 Å². The highest BCUT2D eigenvalue weighted by molar-refractivity contribution is 6.33. The summed E-state index contributed by atoms with van der Waals surface area (Å²) in [5, 5.41) is 10.1. The maximum atomic E-state index is 12.5. The van der Waals surface area contributed by atoms with Crippen LogP contribution < -0.4 is 19.3 Å². The van der Waals surface area contributed by atoms with E-state index in [-0.39, 0.29) is 49.5 Å². The molecule has 0 amide bonds. The summed E-state index contributed by atoms with van der Waals surface area (Å²) in [7, 11) is 1.57. The van der Waals surface area contributed by atoms with Crippen molar-refractivity contribution in [2.75, 3.05) is 43.2 Å². The van der Waals surface area contributed by atoms with Crippen molar-refractivity contribution >= 4 is 28.9 Å². The number of carboxylic acid groups (broad SMARTS) is 1. The standard InChI is InChI=1S/C29H37ClF3N3O5/c1-18-16-35(24-13-27(39-3)34-15-22(24)30)11-9-25(18)41-21-7-5-20(6-8-21)36-17-26(19(2)23(36)14-28(37)38)40-12-4-10-29(31,32)33/h5-8,13,15,18-19,23,25-26H,4,9-12,14,16-17H2,1-3H3,(H,37,38). The lowest BCUT2D eigenvalue weighted by atomic mass is 9.96. The van der Waals surface area contributed by atoms with Gasteiger partial charge in [0.15, 0.2) is 0 Å². The van der Waals surface area contributed by atoms with Crippen molar-refractivity contribution in [2.24, 2.45) is 11.8 Å². The number of carbonyl (C=O) groups is 1. The minimum atomic E-state index is -4.22. The molecule has 0 spiro atoms. The summed E-state index contributed by atoms with van der Waals surface area (Å²) in [5.74, 6) is 0.343. The monoisotopic (exact) mass is 599 g/mol. The molecule has 5 unspecified atom stereocenters. The van der Waals surface area contributed by atoms with Gasteiger partial charge in [-0.05, 0) is 30.7 Å². The Morgan fingerprint density at radius 3 is 2.54 bits per heavy atom. The lowest BCUT2D eigenvalue weighted by Gasteiger charge is -2.38. The zero-order valence-electron chi connectivity index (χ0n) is 23.4. The van der Waals surface area contributed by atoms with Gasteiger partial charge in [-0.25, -0.2) is 4.98 Å². The van der Waals surface area contributed by atoms with E-state index in [4.69, 9.17) is 25.8 Å². The number of nitrogens with zero attached hydrogens (tertiary/aromatic N) is 3. The van der Waals surface area contributed by atoms with Crippen LogP contribution in [0.2, 0.25) is 5.02 Å². The number of benzene rings is 1. The van der Waals surface area contributed by atoms with Crippen LogP contribution in [0.15, 0.2) is 36.5 Å². The molecule has 1 N–H and O–H groups in total. The molecule has 2 fully saturated rings. The molecule has 12 heteroatoms. The molecule has 1 aromatic heterocycles. The maximum Gasteiger partial charge on any atom is 0.389 e. The van der Waals surface area contributed by atoms with E-state index < -0.39 is 18.6 Å². The number of alkyl halides is 3. The second-order valence-electron chi connectivity index (χ2n) is 10.8. The van der Waals surface area contributed by atoms with Crippen molar-refractivity contribution in [1.82, 2.24) is 4.98 Å². The van der Waals surface area contributed by atoms with E-state index in [0.717, 1.165) is 30.9 Å². The molecule has 5 atom stereocenters. The molecule has 3 heterocycles. The SMILES string of the molecule is COc1cc(N2CCC(Oc3ccc(N4CC(OCCCC(F)(F)F)C(C)C4CC(=O)O)cc3)C(C)C2)c(Cl)cn1. The molecule has 226 valence electrons. The first-order chi connectivity index (χ1) is 19.4. The van der Waals surface area contributed by atoms with E-state index in [1.54, 1.807) is 13.3 Å². The summed E-state index contributed by atoms with van der Waals surface area (Å²) < 4.78 is 54.9. The third kappa shape index (κ3) is 8.09. The van der Waals surface area contributed by atoms with Gasteiger partial charge in [-0.15, -0.1) is 0 Å². The van der Waals surface area contributed by atoms with Crippen LogP contribution in [0.25, 0.3) is 0 Å². The number of methoxy groups -OCH3 is 1. The highest BCUT2D eigenvalue weighted by atomic mass is 35.5. The first-order valence-electron chi connectivity index (χ1n) is 13.8. The molecule has 8 nitrogen and oxygen atoms in total. The molecule has 41 heavy (non-hydrogen) atoms. The van der Waals surface area contributed by atoms with Crippen LogP contribution in [-0.4, -0.2) is 73.8 Å². The van der Waals surface area contributed by atoms with Crippen LogP contribution in [0, 0.1) is 11.8 Å². The van der Waals surface area contributed by atoms with Gasteiger partial charge in [0.2, 0.25) is 5.88 Å². The van der Waals surface area contributed by atoms with Crippen LogP contribution in [0.4, 0.5) is 24.5 Å². The topological polar surface area (TPSA) is 84.4 Å². The summed E-state index contributed by atoms with van der Waals surface area (Å²) in [6, 6.07) is 9.04. The van der Waals surface area contributed by atoms with Crippen molar-refractivity contribution in [3.8, 4) is 11.6 Å². The number of carboxylic acids is 1. The molecule has 0 saturated carbocycles. The van der Waals surface area contributed by atoms with E-state index in [1.807, 2.05) is 42.2 Å². The number of pyridine rings is 1. The fraction of sp³-hybridized carbons (Fsp3) is 0.586. The first-order valence-corrected chi connectivity index (χ1v) is 14.2. The summed E-state index contributed by atoms with van der Waals surface area (Å²) in [6.45, 7) is 5.92. The van der Waals surface area contributed by atoms with Crippen LogP contribution in [0.1, 0.15) is 39.5 Å². The largest absolute Gasteiger partial charge is 0.490 e. The van der Waals surface area contributed by atoms with Crippen LogP contribution in [0.3, 0.4) is 0 Å². The van der Waals surface area contributed by atoms with Gasteiger partial charge >= 0.3 is 12.1 Å². The van der Waals surface area contributed by atoms with Crippen LogP contribution >= 0.6 is 11.6 Å². The molecule has 1 aromatic carbocycles. The molecule has 4 rings (SSSR count). The highest BCUT2D eigenvalue weighted by Gasteiger charge is 2.41. The Kier molecular flexibility index (Phi) is 10.1. The Morgan fingerprint density at radius 1 is 1.17 bits per heavy atom. The zero-order valence-corrected chi connectivity index (χ0v) is 24.2. The average Bonchev–Trinajstić information content (AvgIpc) is 3.22. The normalized spacial score (nSPS) is 24.9. The van der Waals surface area contributed by atoms with Gasteiger partial charge in [0.1, 0.15) is 11.9 Å². The zero-order chi connectivity index (χ0) is 29.7. The number of rotatable bonds is 11. The Labute approximate surface area is 243 Å². The Balaban J connectivity index is 1.36. The lowest BCUT2D eigenvalue weighted by Crippen LogP contribution is -2.44. The average molecular weight is 600 g/mol. The van der Waals surface area contributed by atoms with Crippen molar-refractivity contribution in [1.29, 1.82) is 0 Å². The Hall–Kier alpha value is -2.92.